The van der Waals surface area contributed by atoms with Crippen LogP contribution in [0.3, 0.4) is 0 Å². The van der Waals surface area contributed by atoms with E-state index < -0.39 is 4.92 Å². The molecule has 1 unspecified atom stereocenters. The van der Waals surface area contributed by atoms with Crippen molar-refractivity contribution in [3.8, 4) is 0 Å². The third-order valence-corrected chi connectivity index (χ3v) is 8.99. The molecule has 11 nitrogen and oxygen atoms in total. The number of unbranched alkanes of at least 4 members (excludes halogenated alkanes) is 5. The van der Waals surface area contributed by atoms with Gasteiger partial charge in [0.15, 0.2) is 11.8 Å². The number of hydrogen-bond acceptors (Lipinski definition) is 10. The first kappa shape index (κ1) is 36.7. The predicted octanol–water partition coefficient (Wildman–Crippen LogP) is 5.56. The Kier molecular flexibility index (Phi) is 16.9. The summed E-state index contributed by atoms with van der Waals surface area (Å²) in [5.41, 5.74) is 13.7. The van der Waals surface area contributed by atoms with Crippen LogP contribution in [0.25, 0.3) is 0 Å². The molecule has 0 amide bonds. The lowest BCUT2D eigenvalue weighted by molar-refractivity contribution is -0.404. The third-order valence-electron chi connectivity index (χ3n) is 7.21. The Labute approximate surface area is 279 Å². The van der Waals surface area contributed by atoms with Gasteiger partial charge in [-0.1, -0.05) is 43.9 Å². The fraction of sp³-hybridized carbons (Fsp3) is 0.469. The van der Waals surface area contributed by atoms with Gasteiger partial charge in [-0.15, -0.1) is 11.3 Å². The van der Waals surface area contributed by atoms with Gasteiger partial charge in [0.05, 0.1) is 10.6 Å². The first-order valence-electron chi connectivity index (χ1n) is 15.6. The van der Waals surface area contributed by atoms with Gasteiger partial charge in [-0.05, 0) is 69.2 Å². The van der Waals surface area contributed by atoms with Crippen molar-refractivity contribution in [3.05, 3.63) is 98.9 Å². The van der Waals surface area contributed by atoms with Crippen LogP contribution < -0.4 is 22.1 Å². The summed E-state index contributed by atoms with van der Waals surface area (Å²) < 4.78 is 13.5. The maximum Gasteiger partial charge on any atom is 0.274 e. The molecule has 0 spiro atoms. The lowest BCUT2D eigenvalue weighted by atomic mass is 9.91. The number of aromatic nitrogens is 2. The number of thioether (sulfide) groups is 1. The van der Waals surface area contributed by atoms with Gasteiger partial charge in [-0.2, -0.15) is 16.8 Å². The highest BCUT2D eigenvalue weighted by Gasteiger charge is 2.16. The average Bonchev–Trinajstić information content (AvgIpc) is 3.47. The Morgan fingerprint density at radius 1 is 1.09 bits per heavy atom. The third kappa shape index (κ3) is 15.0. The molecule has 6 N–H and O–H groups in total. The van der Waals surface area contributed by atoms with Gasteiger partial charge in [-0.25, -0.2) is 9.37 Å². The minimum absolute atomic E-state index is 0.0156. The Morgan fingerprint density at radius 2 is 1.83 bits per heavy atom. The molecule has 0 aliphatic heterocycles. The second-order valence-corrected chi connectivity index (χ2v) is 12.9. The molecular formula is C32H46FN9O2S2. The fourth-order valence-electron chi connectivity index (χ4n) is 4.88. The zero-order chi connectivity index (χ0) is 33.0. The highest BCUT2D eigenvalue weighted by atomic mass is 32.2. The van der Waals surface area contributed by atoms with Crippen LogP contribution >= 0.6 is 23.1 Å². The molecule has 3 rings (SSSR count). The van der Waals surface area contributed by atoms with E-state index in [2.05, 4.69) is 37.5 Å². The van der Waals surface area contributed by atoms with E-state index in [9.17, 15) is 14.5 Å². The number of rotatable bonds is 23. The van der Waals surface area contributed by atoms with Crippen LogP contribution in [0, 0.1) is 15.9 Å². The van der Waals surface area contributed by atoms with Crippen LogP contribution in [0.1, 0.15) is 67.8 Å². The molecule has 46 heavy (non-hydrogen) atoms. The Balaban J connectivity index is 1.23. The summed E-state index contributed by atoms with van der Waals surface area (Å²) in [6.45, 7) is 3.24. The van der Waals surface area contributed by atoms with Crippen molar-refractivity contribution in [1.82, 2.24) is 25.5 Å². The van der Waals surface area contributed by atoms with Crippen molar-refractivity contribution in [1.29, 1.82) is 0 Å². The van der Waals surface area contributed by atoms with Crippen molar-refractivity contribution in [2.45, 2.75) is 56.6 Å². The molecule has 1 aromatic carbocycles. The number of halogens is 1. The van der Waals surface area contributed by atoms with Crippen LogP contribution in [0.15, 0.2) is 71.1 Å². The summed E-state index contributed by atoms with van der Waals surface area (Å²) in [5, 5.41) is 19.8. The number of pyridine rings is 1. The van der Waals surface area contributed by atoms with Crippen molar-refractivity contribution >= 4 is 34.2 Å². The maximum absolute atomic E-state index is 13.5. The Hall–Kier alpha value is -3.75. The number of hydrogen-bond donors (Lipinski definition) is 4. The van der Waals surface area contributed by atoms with Gasteiger partial charge in [0.25, 0.3) is 6.20 Å². The van der Waals surface area contributed by atoms with E-state index >= 15 is 0 Å². The largest absolute Gasteiger partial charge is 0.370 e. The number of nitrogens with zero attached hydrogens (tertiary/aromatic N) is 5. The molecule has 14 heteroatoms. The molecular weight excluding hydrogens is 626 g/mol. The number of thiazole rings is 1. The zero-order valence-corrected chi connectivity index (χ0v) is 28.1. The molecule has 1 atom stereocenters. The monoisotopic (exact) mass is 671 g/mol. The van der Waals surface area contributed by atoms with E-state index in [0.29, 0.717) is 29.8 Å². The predicted molar refractivity (Wildman–Crippen MR) is 187 cm³/mol. The lowest BCUT2D eigenvalue weighted by Gasteiger charge is -2.22. The molecule has 0 fully saturated rings. The SMILES string of the molecule is CN(CCCCCCCCN/C(=C\[N+](=O)[O-])NCCSCc1csc(N=C(N)N)n1)CCC(c1ccc(F)cc1)c1ccccn1. The van der Waals surface area contributed by atoms with Crippen LogP contribution in [0.2, 0.25) is 0 Å². The highest BCUT2D eigenvalue weighted by molar-refractivity contribution is 7.98. The van der Waals surface area contributed by atoms with E-state index in [4.69, 9.17) is 11.5 Å². The smallest absolute Gasteiger partial charge is 0.274 e. The first-order chi connectivity index (χ1) is 22.3. The van der Waals surface area contributed by atoms with Gasteiger partial charge in [0.1, 0.15) is 5.82 Å². The molecule has 0 bridgehead atoms. The standard InChI is InChI=1S/C32H46FN9O2S2/c1-41(20-15-28(29-10-6-8-16-36-29)25-11-13-26(33)14-12-25)19-9-5-3-2-4-7-17-37-30(22-42(43)44)38-18-21-45-23-27-24-46-32(39-27)40-31(34)35/h6,8,10-14,16,22,24,28,37-38H,2-5,7,9,15,17-21,23H2,1H3,(H4,34,35,39,40)/b30-22+. The van der Waals surface area contributed by atoms with Crippen LogP contribution in [-0.2, 0) is 5.75 Å². The van der Waals surface area contributed by atoms with Crippen LogP contribution in [-0.4, -0.2) is 64.7 Å². The molecule has 250 valence electrons. The van der Waals surface area contributed by atoms with Crippen molar-refractivity contribution in [2.75, 3.05) is 39.0 Å². The number of nitro groups is 1. The second-order valence-electron chi connectivity index (χ2n) is 11.0. The van der Waals surface area contributed by atoms with E-state index in [1.54, 1.807) is 11.8 Å². The molecule has 0 saturated heterocycles. The topological polar surface area (TPSA) is 161 Å². The minimum Gasteiger partial charge on any atom is -0.370 e. The van der Waals surface area contributed by atoms with Crippen molar-refractivity contribution in [3.63, 3.8) is 0 Å². The minimum atomic E-state index is -0.443. The summed E-state index contributed by atoms with van der Waals surface area (Å²) in [5.74, 6) is 1.80. The number of nitrogens with two attached hydrogens (primary N) is 2. The normalized spacial score (nSPS) is 12.2. The van der Waals surface area contributed by atoms with Crippen LogP contribution in [0.4, 0.5) is 9.52 Å². The first-order valence-corrected chi connectivity index (χ1v) is 17.6. The average molecular weight is 672 g/mol. The highest BCUT2D eigenvalue weighted by Crippen LogP contribution is 2.27. The lowest BCUT2D eigenvalue weighted by Crippen LogP contribution is -2.29. The summed E-state index contributed by atoms with van der Waals surface area (Å²) in [6.07, 6.45) is 10.3. The molecule has 0 aliphatic rings. The second kappa shape index (κ2) is 21.1. The van der Waals surface area contributed by atoms with E-state index in [0.717, 1.165) is 74.1 Å². The molecule has 0 saturated carbocycles. The molecule has 3 aromatic rings. The summed E-state index contributed by atoms with van der Waals surface area (Å²) >= 11 is 3.05. The fourth-order valence-corrected chi connectivity index (χ4v) is 6.44. The van der Waals surface area contributed by atoms with Gasteiger partial charge in [0.2, 0.25) is 5.13 Å². The van der Waals surface area contributed by atoms with Crippen LogP contribution in [0.5, 0.6) is 0 Å². The van der Waals surface area contributed by atoms with Crippen molar-refractivity contribution < 1.29 is 9.31 Å². The van der Waals surface area contributed by atoms with Gasteiger partial charge in [0, 0.05) is 47.8 Å². The summed E-state index contributed by atoms with van der Waals surface area (Å²) in [7, 11) is 2.15. The number of guanidine groups is 1. The van der Waals surface area contributed by atoms with E-state index in [1.807, 2.05) is 41.9 Å². The van der Waals surface area contributed by atoms with E-state index in [1.165, 1.54) is 36.3 Å². The number of nitrogens with one attached hydrogen (secondary N) is 2. The maximum atomic E-state index is 13.5. The molecule has 2 heterocycles. The molecule has 0 aliphatic carbocycles. The number of benzene rings is 1. The van der Waals surface area contributed by atoms with E-state index in [-0.39, 0.29) is 17.7 Å². The zero-order valence-electron chi connectivity index (χ0n) is 26.4. The quantitative estimate of drug-likeness (QED) is 0.0330. The van der Waals surface area contributed by atoms with Crippen molar-refractivity contribution in [2.24, 2.45) is 16.5 Å². The summed E-state index contributed by atoms with van der Waals surface area (Å²) in [6, 6.07) is 12.7. The molecule has 0 radical (unpaired) electrons. The van der Waals surface area contributed by atoms with Gasteiger partial charge >= 0.3 is 0 Å². The van der Waals surface area contributed by atoms with Gasteiger partial charge in [-0.3, -0.25) is 15.1 Å². The summed E-state index contributed by atoms with van der Waals surface area (Å²) in [4.78, 5) is 25.8. The van der Waals surface area contributed by atoms with Gasteiger partial charge < -0.3 is 27.0 Å². The Bertz CT molecular complexity index is 1350. The number of aliphatic imine (C=N–C) groups is 1. The Morgan fingerprint density at radius 3 is 2.54 bits per heavy atom. The molecule has 2 aromatic heterocycles.